The molecule has 2 aromatic carbocycles. The van der Waals surface area contributed by atoms with Crippen molar-refractivity contribution >= 4 is 23.2 Å². The summed E-state index contributed by atoms with van der Waals surface area (Å²) >= 11 is 12.7. The lowest BCUT2D eigenvalue weighted by atomic mass is 10.1. The number of ether oxygens (including phenoxy) is 3. The summed E-state index contributed by atoms with van der Waals surface area (Å²) in [4.78, 5) is 0. The van der Waals surface area contributed by atoms with Crippen LogP contribution in [-0.2, 0) is 0 Å². The zero-order valence-electron chi connectivity index (χ0n) is 11.4. The van der Waals surface area contributed by atoms with Gasteiger partial charge in [0.15, 0.2) is 17.6 Å². The van der Waals surface area contributed by atoms with Crippen molar-refractivity contribution in [1.82, 2.24) is 0 Å². The fourth-order valence-corrected chi connectivity index (χ4v) is 2.77. The van der Waals surface area contributed by atoms with Crippen LogP contribution in [0.5, 0.6) is 17.2 Å². The van der Waals surface area contributed by atoms with E-state index in [9.17, 15) is 0 Å². The smallest absolute Gasteiger partial charge is 0.161 e. The molecule has 0 spiro atoms. The van der Waals surface area contributed by atoms with Gasteiger partial charge >= 0.3 is 0 Å². The Kier molecular flexibility index (Phi) is 4.13. The first-order chi connectivity index (χ1) is 10.2. The van der Waals surface area contributed by atoms with E-state index in [1.165, 1.54) is 0 Å². The van der Waals surface area contributed by atoms with Crippen LogP contribution in [0.1, 0.15) is 10.9 Å². The highest BCUT2D eigenvalue weighted by Crippen LogP contribution is 2.38. The molecule has 0 saturated carbocycles. The molecule has 110 valence electrons. The lowest BCUT2D eigenvalue weighted by Gasteiger charge is -2.29. The van der Waals surface area contributed by atoms with Crippen molar-refractivity contribution in [2.75, 3.05) is 13.7 Å². The van der Waals surface area contributed by atoms with Gasteiger partial charge in [-0.3, -0.25) is 0 Å². The first kappa shape index (κ1) is 14.4. The maximum absolute atomic E-state index is 6.51. The Labute approximate surface area is 133 Å². The van der Waals surface area contributed by atoms with E-state index in [-0.39, 0.29) is 11.5 Å². The Bertz CT molecular complexity index is 645. The highest BCUT2D eigenvalue weighted by Gasteiger charge is 2.29. The maximum atomic E-state index is 6.51. The zero-order chi connectivity index (χ0) is 14.8. The van der Waals surface area contributed by atoms with E-state index in [0.717, 1.165) is 11.3 Å². The molecule has 2 unspecified atom stereocenters. The second-order valence-electron chi connectivity index (χ2n) is 4.71. The summed E-state index contributed by atoms with van der Waals surface area (Å²) in [6.07, 6.45) is -0.272. The molecule has 0 aliphatic carbocycles. The summed E-state index contributed by atoms with van der Waals surface area (Å²) in [6.45, 7) is 0.398. The van der Waals surface area contributed by atoms with E-state index >= 15 is 0 Å². The molecule has 1 aliphatic rings. The van der Waals surface area contributed by atoms with Crippen molar-refractivity contribution < 1.29 is 14.2 Å². The molecule has 0 aromatic heterocycles. The molecule has 3 rings (SSSR count). The summed E-state index contributed by atoms with van der Waals surface area (Å²) in [6, 6.07) is 13.0. The molecule has 0 bridgehead atoms. The molecule has 3 nitrogen and oxygen atoms in total. The number of para-hydroxylation sites is 2. The minimum absolute atomic E-state index is 0.272. The van der Waals surface area contributed by atoms with Crippen molar-refractivity contribution in [3.63, 3.8) is 0 Å². The first-order valence-corrected chi connectivity index (χ1v) is 7.36. The Hall–Kier alpha value is -1.58. The highest BCUT2D eigenvalue weighted by atomic mass is 35.5. The molecule has 0 radical (unpaired) electrons. The lowest BCUT2D eigenvalue weighted by Crippen LogP contribution is -2.32. The molecule has 0 fully saturated rings. The van der Waals surface area contributed by atoms with Crippen LogP contribution in [0.3, 0.4) is 0 Å². The fourth-order valence-electron chi connectivity index (χ4n) is 2.25. The van der Waals surface area contributed by atoms with Crippen LogP contribution in [0.4, 0.5) is 0 Å². The van der Waals surface area contributed by atoms with E-state index in [1.54, 1.807) is 19.2 Å². The Morgan fingerprint density at radius 1 is 1.19 bits per heavy atom. The van der Waals surface area contributed by atoms with Gasteiger partial charge in [-0.15, -0.1) is 11.6 Å². The van der Waals surface area contributed by atoms with E-state index in [2.05, 4.69) is 0 Å². The standard InChI is InChI=1S/C16H14Cl2O3/c1-19-12-7-6-10(8-11(12)17)16(18)15-9-20-13-4-2-3-5-14(13)21-15/h2-8,15-16H,9H2,1H3. The van der Waals surface area contributed by atoms with E-state index < -0.39 is 0 Å². The number of hydrogen-bond acceptors (Lipinski definition) is 3. The molecule has 0 saturated heterocycles. The van der Waals surface area contributed by atoms with Crippen molar-refractivity contribution in [2.45, 2.75) is 11.5 Å². The quantitative estimate of drug-likeness (QED) is 0.780. The Morgan fingerprint density at radius 3 is 2.67 bits per heavy atom. The second-order valence-corrected chi connectivity index (χ2v) is 5.59. The van der Waals surface area contributed by atoms with Crippen LogP contribution in [0.15, 0.2) is 42.5 Å². The van der Waals surface area contributed by atoms with Crippen LogP contribution < -0.4 is 14.2 Å². The summed E-state index contributed by atoms with van der Waals surface area (Å²) in [5.41, 5.74) is 0.871. The van der Waals surface area contributed by atoms with E-state index in [0.29, 0.717) is 23.1 Å². The molecule has 1 aliphatic heterocycles. The SMILES string of the molecule is COc1ccc(C(Cl)C2COc3ccccc3O2)cc1Cl. The third kappa shape index (κ3) is 2.89. The Balaban J connectivity index is 1.80. The molecule has 0 amide bonds. The average molecular weight is 325 g/mol. The number of rotatable bonds is 3. The van der Waals surface area contributed by atoms with Crippen molar-refractivity contribution in [3.8, 4) is 17.2 Å². The third-order valence-corrected chi connectivity index (χ3v) is 4.18. The fraction of sp³-hybridized carbons (Fsp3) is 0.250. The minimum atomic E-state index is -0.359. The van der Waals surface area contributed by atoms with Gasteiger partial charge in [-0.2, -0.15) is 0 Å². The van der Waals surface area contributed by atoms with E-state index in [1.807, 2.05) is 30.3 Å². The second kappa shape index (κ2) is 6.04. The molecular weight excluding hydrogens is 311 g/mol. The van der Waals surface area contributed by atoms with Crippen LogP contribution in [0.25, 0.3) is 0 Å². The summed E-state index contributed by atoms with van der Waals surface area (Å²) in [5.74, 6) is 2.07. The van der Waals surface area contributed by atoms with Crippen LogP contribution in [0, 0.1) is 0 Å². The van der Waals surface area contributed by atoms with Gasteiger partial charge in [0.05, 0.1) is 17.5 Å². The molecule has 1 heterocycles. The number of fused-ring (bicyclic) bond motifs is 1. The van der Waals surface area contributed by atoms with Gasteiger partial charge in [-0.1, -0.05) is 29.8 Å². The van der Waals surface area contributed by atoms with Gasteiger partial charge in [-0.05, 0) is 29.8 Å². The predicted octanol–water partition coefficient (Wildman–Crippen LogP) is 4.47. The van der Waals surface area contributed by atoms with Crippen LogP contribution in [0.2, 0.25) is 5.02 Å². The lowest BCUT2D eigenvalue weighted by molar-refractivity contribution is 0.0877. The average Bonchev–Trinajstić information content (AvgIpc) is 2.53. The monoisotopic (exact) mass is 324 g/mol. The van der Waals surface area contributed by atoms with E-state index in [4.69, 9.17) is 37.4 Å². The minimum Gasteiger partial charge on any atom is -0.495 e. The molecule has 0 N–H and O–H groups in total. The number of benzene rings is 2. The van der Waals surface area contributed by atoms with Gasteiger partial charge in [0.25, 0.3) is 0 Å². The topological polar surface area (TPSA) is 27.7 Å². The first-order valence-electron chi connectivity index (χ1n) is 6.55. The normalized spacial score (nSPS) is 18.1. The maximum Gasteiger partial charge on any atom is 0.161 e. The van der Waals surface area contributed by atoms with Gasteiger partial charge in [-0.25, -0.2) is 0 Å². The Morgan fingerprint density at radius 2 is 1.95 bits per heavy atom. The van der Waals surface area contributed by atoms with Crippen molar-refractivity contribution in [3.05, 3.63) is 53.1 Å². The van der Waals surface area contributed by atoms with Gasteiger partial charge in [0.2, 0.25) is 0 Å². The summed E-state index contributed by atoms with van der Waals surface area (Å²) < 4.78 is 16.7. The molecule has 2 atom stereocenters. The molecular formula is C16H14Cl2O3. The molecule has 5 heteroatoms. The van der Waals surface area contributed by atoms with Crippen LogP contribution in [-0.4, -0.2) is 19.8 Å². The number of halogens is 2. The van der Waals surface area contributed by atoms with Gasteiger partial charge in [0.1, 0.15) is 12.4 Å². The van der Waals surface area contributed by atoms with Crippen LogP contribution >= 0.6 is 23.2 Å². The highest BCUT2D eigenvalue weighted by molar-refractivity contribution is 6.32. The van der Waals surface area contributed by atoms with Gasteiger partial charge in [0, 0.05) is 0 Å². The number of hydrogen-bond donors (Lipinski definition) is 0. The summed E-state index contributed by atoms with van der Waals surface area (Å²) in [5, 5.41) is 0.166. The third-order valence-electron chi connectivity index (χ3n) is 3.35. The number of alkyl halides is 1. The predicted molar refractivity (Wildman–Crippen MR) is 83.0 cm³/mol. The largest absolute Gasteiger partial charge is 0.495 e. The molecule has 21 heavy (non-hydrogen) atoms. The zero-order valence-corrected chi connectivity index (χ0v) is 12.9. The molecule has 2 aromatic rings. The number of methoxy groups -OCH3 is 1. The van der Waals surface area contributed by atoms with Gasteiger partial charge < -0.3 is 14.2 Å². The van der Waals surface area contributed by atoms with Crippen molar-refractivity contribution in [2.24, 2.45) is 0 Å². The summed E-state index contributed by atoms with van der Waals surface area (Å²) in [7, 11) is 1.58. The van der Waals surface area contributed by atoms with Crippen molar-refractivity contribution in [1.29, 1.82) is 0 Å².